The molecule has 106 valence electrons. The molecule has 1 heterocycles. The average Bonchev–Trinajstić information content (AvgIpc) is 2.87. The zero-order valence-corrected chi connectivity index (χ0v) is 12.3. The Balaban J connectivity index is 1.76. The lowest BCUT2D eigenvalue weighted by atomic mass is 10.1. The van der Waals surface area contributed by atoms with E-state index in [0.717, 1.165) is 20.8 Å². The normalized spacial score (nSPS) is 10.7. The molecule has 2 N–H and O–H groups in total. The number of nitrogen functional groups attached to an aromatic ring is 1. The van der Waals surface area contributed by atoms with Gasteiger partial charge in [-0.05, 0) is 30.7 Å². The Morgan fingerprint density at radius 3 is 2.81 bits per heavy atom. The van der Waals surface area contributed by atoms with E-state index in [1.54, 1.807) is 6.07 Å². The van der Waals surface area contributed by atoms with Crippen molar-refractivity contribution in [3.8, 4) is 0 Å². The van der Waals surface area contributed by atoms with Gasteiger partial charge in [-0.3, -0.25) is 0 Å². The second kappa shape index (κ2) is 5.54. The Bertz CT molecular complexity index is 758. The van der Waals surface area contributed by atoms with E-state index < -0.39 is 5.97 Å². The van der Waals surface area contributed by atoms with Crippen molar-refractivity contribution in [1.82, 2.24) is 4.98 Å². The summed E-state index contributed by atoms with van der Waals surface area (Å²) in [5.41, 5.74) is 8.43. The monoisotopic (exact) mass is 298 g/mol. The molecular formula is C16H14N2O2S. The molecule has 2 aromatic carbocycles. The minimum atomic E-state index is -0.412. The summed E-state index contributed by atoms with van der Waals surface area (Å²) in [5, 5.41) is 0.775. The van der Waals surface area contributed by atoms with Gasteiger partial charge in [-0.25, -0.2) is 9.78 Å². The number of thiazole rings is 1. The number of carbonyl (C=O) groups excluding carboxylic acids is 1. The number of carbonyl (C=O) groups is 1. The largest absolute Gasteiger partial charge is 0.455 e. The van der Waals surface area contributed by atoms with E-state index in [9.17, 15) is 4.79 Å². The fourth-order valence-electron chi connectivity index (χ4n) is 2.15. The van der Waals surface area contributed by atoms with Crippen LogP contribution in [-0.4, -0.2) is 11.0 Å². The Kier molecular flexibility index (Phi) is 3.58. The average molecular weight is 298 g/mol. The first kappa shape index (κ1) is 13.6. The Hall–Kier alpha value is -2.40. The van der Waals surface area contributed by atoms with Crippen molar-refractivity contribution in [3.05, 3.63) is 58.6 Å². The Morgan fingerprint density at radius 1 is 1.24 bits per heavy atom. The topological polar surface area (TPSA) is 65.2 Å². The highest BCUT2D eigenvalue weighted by atomic mass is 32.1. The van der Waals surface area contributed by atoms with Crippen LogP contribution in [0.15, 0.2) is 42.5 Å². The lowest BCUT2D eigenvalue weighted by Gasteiger charge is -2.08. The van der Waals surface area contributed by atoms with Crippen LogP contribution in [-0.2, 0) is 11.3 Å². The molecule has 0 fully saturated rings. The number of rotatable bonds is 3. The van der Waals surface area contributed by atoms with Crippen molar-refractivity contribution in [2.24, 2.45) is 0 Å². The van der Waals surface area contributed by atoms with Crippen molar-refractivity contribution in [3.63, 3.8) is 0 Å². The standard InChI is InChI=1S/C16H14N2O2S/c1-10-5-4-6-11(17)15(10)16(19)20-9-14-18-12-7-2-3-8-13(12)21-14/h2-8H,9,17H2,1H3. The maximum absolute atomic E-state index is 12.1. The molecule has 3 rings (SSSR count). The number of para-hydroxylation sites is 1. The lowest BCUT2D eigenvalue weighted by molar-refractivity contribution is 0.0473. The van der Waals surface area contributed by atoms with E-state index in [-0.39, 0.29) is 6.61 Å². The van der Waals surface area contributed by atoms with Crippen LogP contribution in [0.3, 0.4) is 0 Å². The highest BCUT2D eigenvalue weighted by Crippen LogP contribution is 2.23. The minimum absolute atomic E-state index is 0.159. The summed E-state index contributed by atoms with van der Waals surface area (Å²) in [5.74, 6) is -0.412. The van der Waals surface area contributed by atoms with Gasteiger partial charge in [0, 0.05) is 5.69 Å². The van der Waals surface area contributed by atoms with Crippen LogP contribution < -0.4 is 5.73 Å². The molecule has 0 saturated carbocycles. The fourth-order valence-corrected chi connectivity index (χ4v) is 3.03. The van der Waals surface area contributed by atoms with Crippen LogP contribution in [0.25, 0.3) is 10.2 Å². The summed E-state index contributed by atoms with van der Waals surface area (Å²) in [7, 11) is 0. The van der Waals surface area contributed by atoms with Gasteiger partial charge in [0.15, 0.2) is 0 Å². The number of anilines is 1. The van der Waals surface area contributed by atoms with Crippen molar-refractivity contribution in [2.75, 3.05) is 5.73 Å². The van der Waals surface area contributed by atoms with E-state index in [2.05, 4.69) is 4.98 Å². The smallest absolute Gasteiger partial charge is 0.340 e. The molecule has 0 aliphatic heterocycles. The molecular weight excluding hydrogens is 284 g/mol. The number of hydrogen-bond acceptors (Lipinski definition) is 5. The number of ether oxygens (including phenoxy) is 1. The van der Waals surface area contributed by atoms with E-state index in [4.69, 9.17) is 10.5 Å². The van der Waals surface area contributed by atoms with Crippen LogP contribution in [0.2, 0.25) is 0 Å². The summed E-state index contributed by atoms with van der Waals surface area (Å²) in [4.78, 5) is 16.6. The number of aromatic nitrogens is 1. The SMILES string of the molecule is Cc1cccc(N)c1C(=O)OCc1nc2ccccc2s1. The summed E-state index contributed by atoms with van der Waals surface area (Å²) < 4.78 is 6.42. The lowest BCUT2D eigenvalue weighted by Crippen LogP contribution is -2.10. The van der Waals surface area contributed by atoms with Gasteiger partial charge in [0.1, 0.15) is 11.6 Å². The number of fused-ring (bicyclic) bond motifs is 1. The van der Waals surface area contributed by atoms with Gasteiger partial charge in [0.2, 0.25) is 0 Å². The van der Waals surface area contributed by atoms with Crippen molar-refractivity contribution in [1.29, 1.82) is 0 Å². The fraction of sp³-hybridized carbons (Fsp3) is 0.125. The van der Waals surface area contributed by atoms with Crippen LogP contribution in [0.5, 0.6) is 0 Å². The molecule has 0 aliphatic carbocycles. The Labute approximate surface area is 126 Å². The summed E-state index contributed by atoms with van der Waals surface area (Å²) >= 11 is 1.52. The third kappa shape index (κ3) is 2.73. The second-order valence-electron chi connectivity index (χ2n) is 4.69. The van der Waals surface area contributed by atoms with Crippen LogP contribution in [0, 0.1) is 6.92 Å². The van der Waals surface area contributed by atoms with Gasteiger partial charge in [-0.2, -0.15) is 0 Å². The third-order valence-electron chi connectivity index (χ3n) is 3.17. The number of aryl methyl sites for hydroxylation is 1. The van der Waals surface area contributed by atoms with Gasteiger partial charge < -0.3 is 10.5 Å². The maximum Gasteiger partial charge on any atom is 0.340 e. The molecule has 3 aromatic rings. The zero-order valence-electron chi connectivity index (χ0n) is 11.5. The summed E-state index contributed by atoms with van der Waals surface area (Å²) in [6.07, 6.45) is 0. The van der Waals surface area contributed by atoms with Gasteiger partial charge in [0.25, 0.3) is 0 Å². The molecule has 0 spiro atoms. The summed E-state index contributed by atoms with van der Waals surface area (Å²) in [6.45, 7) is 2.00. The van der Waals surface area contributed by atoms with Crippen molar-refractivity contribution < 1.29 is 9.53 Å². The number of nitrogens with two attached hydrogens (primary N) is 1. The Morgan fingerprint density at radius 2 is 2.05 bits per heavy atom. The molecule has 0 unspecified atom stereocenters. The zero-order chi connectivity index (χ0) is 14.8. The highest BCUT2D eigenvalue weighted by molar-refractivity contribution is 7.18. The first-order valence-electron chi connectivity index (χ1n) is 6.52. The first-order chi connectivity index (χ1) is 10.1. The first-order valence-corrected chi connectivity index (χ1v) is 7.33. The number of benzene rings is 2. The van der Waals surface area contributed by atoms with Crippen molar-refractivity contribution in [2.45, 2.75) is 13.5 Å². The van der Waals surface area contributed by atoms with Crippen LogP contribution in [0.4, 0.5) is 5.69 Å². The second-order valence-corrected chi connectivity index (χ2v) is 5.81. The van der Waals surface area contributed by atoms with Gasteiger partial charge in [0.05, 0.1) is 15.8 Å². The third-order valence-corrected chi connectivity index (χ3v) is 4.18. The van der Waals surface area contributed by atoms with Gasteiger partial charge in [-0.15, -0.1) is 11.3 Å². The van der Waals surface area contributed by atoms with E-state index >= 15 is 0 Å². The van der Waals surface area contributed by atoms with Crippen LogP contribution >= 0.6 is 11.3 Å². The number of hydrogen-bond donors (Lipinski definition) is 1. The minimum Gasteiger partial charge on any atom is -0.455 e. The quantitative estimate of drug-likeness (QED) is 0.593. The number of esters is 1. The molecule has 4 nitrogen and oxygen atoms in total. The van der Waals surface area contributed by atoms with E-state index in [0.29, 0.717) is 11.3 Å². The predicted octanol–water partition coefficient (Wildman–Crippen LogP) is 3.54. The molecule has 0 atom stereocenters. The molecule has 0 bridgehead atoms. The molecule has 0 aliphatic rings. The predicted molar refractivity (Wildman–Crippen MR) is 84.3 cm³/mol. The highest BCUT2D eigenvalue weighted by Gasteiger charge is 2.15. The summed E-state index contributed by atoms with van der Waals surface area (Å²) in [6, 6.07) is 13.2. The molecule has 5 heteroatoms. The molecule has 0 amide bonds. The van der Waals surface area contributed by atoms with Gasteiger partial charge in [-0.1, -0.05) is 24.3 Å². The van der Waals surface area contributed by atoms with E-state index in [1.165, 1.54) is 11.3 Å². The van der Waals surface area contributed by atoms with Crippen molar-refractivity contribution >= 4 is 33.2 Å². The molecule has 1 aromatic heterocycles. The molecule has 0 saturated heterocycles. The number of nitrogens with zero attached hydrogens (tertiary/aromatic N) is 1. The van der Waals surface area contributed by atoms with E-state index in [1.807, 2.05) is 43.3 Å². The van der Waals surface area contributed by atoms with Crippen LogP contribution in [0.1, 0.15) is 20.9 Å². The maximum atomic E-state index is 12.1. The molecule has 21 heavy (non-hydrogen) atoms. The molecule has 0 radical (unpaired) electrons. The van der Waals surface area contributed by atoms with Gasteiger partial charge >= 0.3 is 5.97 Å².